The van der Waals surface area contributed by atoms with E-state index in [-0.39, 0.29) is 0 Å². The topological polar surface area (TPSA) is 44.2 Å². The molecule has 0 fully saturated rings. The van der Waals surface area contributed by atoms with Crippen molar-refractivity contribution in [3.8, 4) is 11.5 Å². The van der Waals surface area contributed by atoms with Gasteiger partial charge in [-0.05, 0) is 71.3 Å². The van der Waals surface area contributed by atoms with Crippen molar-refractivity contribution in [2.24, 2.45) is 0 Å². The SMILES string of the molecule is Clc1ccc(/C=C(/COc2cccnc2)c2ccc(OCc3ccc4ccccc4n3)cc2)cc1. The van der Waals surface area contributed by atoms with Gasteiger partial charge in [0.15, 0.2) is 0 Å². The van der Waals surface area contributed by atoms with Crippen LogP contribution in [0.4, 0.5) is 0 Å². The van der Waals surface area contributed by atoms with Crippen LogP contribution < -0.4 is 9.47 Å². The molecule has 0 unspecified atom stereocenters. The lowest BCUT2D eigenvalue weighted by Gasteiger charge is -2.12. The first-order valence-electron chi connectivity index (χ1n) is 11.3. The van der Waals surface area contributed by atoms with Crippen molar-refractivity contribution in [1.29, 1.82) is 0 Å². The van der Waals surface area contributed by atoms with E-state index in [1.807, 2.05) is 84.9 Å². The Kier molecular flexibility index (Phi) is 7.02. The van der Waals surface area contributed by atoms with Crippen molar-refractivity contribution >= 4 is 34.2 Å². The third-order valence-corrected chi connectivity index (χ3v) is 5.76. The number of hydrogen-bond acceptors (Lipinski definition) is 4. The van der Waals surface area contributed by atoms with Crippen molar-refractivity contribution in [3.63, 3.8) is 0 Å². The molecule has 172 valence electrons. The molecule has 0 aliphatic heterocycles. The highest BCUT2D eigenvalue weighted by molar-refractivity contribution is 6.30. The highest BCUT2D eigenvalue weighted by Gasteiger charge is 2.06. The Morgan fingerprint density at radius 1 is 0.771 bits per heavy atom. The number of benzene rings is 3. The van der Waals surface area contributed by atoms with Gasteiger partial charge in [0.05, 0.1) is 17.4 Å². The van der Waals surface area contributed by atoms with Crippen LogP contribution in [-0.4, -0.2) is 16.6 Å². The fourth-order valence-electron chi connectivity index (χ4n) is 3.67. The van der Waals surface area contributed by atoms with Crippen LogP contribution in [0.1, 0.15) is 16.8 Å². The van der Waals surface area contributed by atoms with Crippen molar-refractivity contribution < 1.29 is 9.47 Å². The minimum absolute atomic E-state index is 0.398. The first-order chi connectivity index (χ1) is 17.2. The Balaban J connectivity index is 1.32. The predicted molar refractivity (Wildman–Crippen MR) is 142 cm³/mol. The Bertz CT molecular complexity index is 1430. The summed E-state index contributed by atoms with van der Waals surface area (Å²) < 4.78 is 12.0. The number of fused-ring (bicyclic) bond motifs is 1. The van der Waals surface area contributed by atoms with Crippen LogP contribution in [0.15, 0.2) is 109 Å². The van der Waals surface area contributed by atoms with Crippen LogP contribution in [0.25, 0.3) is 22.6 Å². The second-order valence-electron chi connectivity index (χ2n) is 8.01. The van der Waals surface area contributed by atoms with E-state index in [4.69, 9.17) is 21.1 Å². The molecule has 5 rings (SSSR count). The van der Waals surface area contributed by atoms with Crippen LogP contribution in [-0.2, 0) is 6.61 Å². The predicted octanol–water partition coefficient (Wildman–Crippen LogP) is 7.48. The molecule has 35 heavy (non-hydrogen) atoms. The van der Waals surface area contributed by atoms with Gasteiger partial charge in [-0.15, -0.1) is 0 Å². The Morgan fingerprint density at radius 3 is 2.40 bits per heavy atom. The first-order valence-corrected chi connectivity index (χ1v) is 11.7. The lowest BCUT2D eigenvalue weighted by atomic mass is 10.0. The van der Waals surface area contributed by atoms with Crippen LogP contribution in [0.3, 0.4) is 0 Å². The number of pyridine rings is 2. The van der Waals surface area contributed by atoms with E-state index in [2.05, 4.69) is 28.2 Å². The summed E-state index contributed by atoms with van der Waals surface area (Å²) in [6.07, 6.45) is 5.53. The Labute approximate surface area is 209 Å². The molecule has 0 amide bonds. The molecule has 5 heteroatoms. The minimum Gasteiger partial charge on any atom is -0.487 e. The van der Waals surface area contributed by atoms with E-state index in [0.29, 0.717) is 18.2 Å². The third-order valence-electron chi connectivity index (χ3n) is 5.51. The van der Waals surface area contributed by atoms with Crippen LogP contribution in [0, 0.1) is 0 Å². The summed E-state index contributed by atoms with van der Waals surface area (Å²) in [7, 11) is 0. The van der Waals surface area contributed by atoms with E-state index < -0.39 is 0 Å². The van der Waals surface area contributed by atoms with E-state index >= 15 is 0 Å². The van der Waals surface area contributed by atoms with Crippen LogP contribution in [0.5, 0.6) is 11.5 Å². The second-order valence-corrected chi connectivity index (χ2v) is 8.44. The smallest absolute Gasteiger partial charge is 0.138 e. The average molecular weight is 479 g/mol. The molecular weight excluding hydrogens is 456 g/mol. The quantitative estimate of drug-likeness (QED) is 0.217. The van der Waals surface area contributed by atoms with Gasteiger partial charge in [-0.2, -0.15) is 0 Å². The van der Waals surface area contributed by atoms with Gasteiger partial charge in [-0.3, -0.25) is 4.98 Å². The fraction of sp³-hybridized carbons (Fsp3) is 0.0667. The van der Waals surface area contributed by atoms with Gasteiger partial charge in [-0.1, -0.05) is 60.1 Å². The molecule has 0 radical (unpaired) electrons. The van der Waals surface area contributed by atoms with E-state index in [9.17, 15) is 0 Å². The summed E-state index contributed by atoms with van der Waals surface area (Å²) in [5, 5.41) is 1.83. The maximum absolute atomic E-state index is 6.06. The van der Waals surface area contributed by atoms with Gasteiger partial charge in [0.1, 0.15) is 24.7 Å². The second kappa shape index (κ2) is 10.9. The van der Waals surface area contributed by atoms with Gasteiger partial charge >= 0.3 is 0 Å². The monoisotopic (exact) mass is 478 g/mol. The molecule has 0 saturated heterocycles. The number of nitrogens with zero attached hydrogens (tertiary/aromatic N) is 2. The fourth-order valence-corrected chi connectivity index (χ4v) is 3.80. The van der Waals surface area contributed by atoms with Crippen molar-refractivity contribution in [2.75, 3.05) is 6.61 Å². The maximum atomic E-state index is 6.06. The zero-order valence-corrected chi connectivity index (χ0v) is 19.7. The van der Waals surface area contributed by atoms with Crippen LogP contribution in [0.2, 0.25) is 5.02 Å². The molecule has 5 aromatic rings. The molecule has 0 saturated carbocycles. The normalized spacial score (nSPS) is 11.4. The zero-order chi connectivity index (χ0) is 23.9. The number of rotatable bonds is 8. The minimum atomic E-state index is 0.398. The van der Waals surface area contributed by atoms with Gasteiger partial charge in [0.2, 0.25) is 0 Å². The molecule has 0 atom stereocenters. The summed E-state index contributed by atoms with van der Waals surface area (Å²) in [6, 6.07) is 31.6. The molecule has 0 aliphatic carbocycles. The first kappa shape index (κ1) is 22.6. The van der Waals surface area contributed by atoms with Gasteiger partial charge in [0, 0.05) is 16.6 Å². The summed E-state index contributed by atoms with van der Waals surface area (Å²) in [5.74, 6) is 1.50. The highest BCUT2D eigenvalue weighted by atomic mass is 35.5. The number of hydrogen-bond donors (Lipinski definition) is 0. The van der Waals surface area contributed by atoms with Crippen molar-refractivity contribution in [3.05, 3.63) is 131 Å². The highest BCUT2D eigenvalue weighted by Crippen LogP contribution is 2.24. The van der Waals surface area contributed by atoms with Gasteiger partial charge < -0.3 is 9.47 Å². The summed E-state index contributed by atoms with van der Waals surface area (Å²) >= 11 is 6.06. The van der Waals surface area contributed by atoms with Gasteiger partial charge in [-0.25, -0.2) is 4.98 Å². The zero-order valence-electron chi connectivity index (χ0n) is 19.0. The summed E-state index contributed by atoms with van der Waals surface area (Å²) in [6.45, 7) is 0.803. The molecule has 2 aromatic heterocycles. The number of para-hydroxylation sites is 1. The molecule has 4 nitrogen and oxygen atoms in total. The summed E-state index contributed by atoms with van der Waals surface area (Å²) in [5.41, 5.74) is 4.97. The van der Waals surface area contributed by atoms with E-state index in [1.54, 1.807) is 12.4 Å². The summed E-state index contributed by atoms with van der Waals surface area (Å²) in [4.78, 5) is 8.80. The maximum Gasteiger partial charge on any atom is 0.138 e. The third kappa shape index (κ3) is 6.05. The van der Waals surface area contributed by atoms with Crippen molar-refractivity contribution in [1.82, 2.24) is 9.97 Å². The van der Waals surface area contributed by atoms with Gasteiger partial charge in [0.25, 0.3) is 0 Å². The Hall–Kier alpha value is -4.15. The Morgan fingerprint density at radius 2 is 1.60 bits per heavy atom. The average Bonchev–Trinajstić information content (AvgIpc) is 2.92. The molecule has 0 bridgehead atoms. The van der Waals surface area contributed by atoms with E-state index in [0.717, 1.165) is 44.8 Å². The van der Waals surface area contributed by atoms with E-state index in [1.165, 1.54) is 0 Å². The molecule has 2 heterocycles. The lowest BCUT2D eigenvalue weighted by Crippen LogP contribution is -2.02. The standard InChI is InChI=1S/C30H23ClN2O2/c31-26-12-7-22(8-13-26)18-25(20-34-29-5-3-17-32-19-29)23-10-15-28(16-11-23)35-21-27-14-9-24-4-1-2-6-30(24)33-27/h1-19H,20-21H2/b25-18-. The lowest BCUT2D eigenvalue weighted by molar-refractivity contribution is 0.302. The number of aromatic nitrogens is 2. The molecule has 3 aromatic carbocycles. The van der Waals surface area contributed by atoms with Crippen LogP contribution >= 0.6 is 11.6 Å². The molecule has 0 N–H and O–H groups in total. The molecular formula is C30H23ClN2O2. The number of ether oxygens (including phenoxy) is 2. The molecule has 0 spiro atoms. The largest absolute Gasteiger partial charge is 0.487 e. The molecule has 0 aliphatic rings. The number of halogens is 1. The van der Waals surface area contributed by atoms with Crippen molar-refractivity contribution in [2.45, 2.75) is 6.61 Å².